The largest absolute Gasteiger partial charge is 1.00 e. The molecule has 2 unspecified atom stereocenters. The van der Waals surface area contributed by atoms with Gasteiger partial charge in [-0.25, -0.2) is 9.59 Å². The van der Waals surface area contributed by atoms with Crippen molar-refractivity contribution in [2.45, 2.75) is 49.7 Å². The minimum absolute atomic E-state index is 0. The number of nitrogens with zero attached hydrogens (tertiary/aromatic N) is 2. The fourth-order valence-corrected chi connectivity index (χ4v) is 3.70. The van der Waals surface area contributed by atoms with Crippen LogP contribution >= 0.6 is 0 Å². The molecule has 6 atom stereocenters. The average Bonchev–Trinajstić information content (AvgIpc) is 3.41. The maximum atomic E-state index is 11.6. The quantitative estimate of drug-likeness (QED) is 0.144. The molecule has 0 spiro atoms. The molecule has 2 saturated heterocycles. The van der Waals surface area contributed by atoms with Crippen LogP contribution in [0.5, 0.6) is 0 Å². The number of aliphatic hydroxyl groups is 4. The van der Waals surface area contributed by atoms with Crippen LogP contribution in [0.25, 0.3) is 0 Å². The maximum absolute atomic E-state index is 11.6. The number of aromatic nitrogens is 4. The first kappa shape index (κ1) is 33.4. The molecule has 7 N–H and O–H groups in total. The van der Waals surface area contributed by atoms with E-state index in [0.29, 0.717) is 12.6 Å². The normalized spacial score (nSPS) is 25.9. The molecule has 0 aromatic carbocycles. The van der Waals surface area contributed by atoms with Gasteiger partial charge in [0.15, 0.2) is 12.6 Å². The summed E-state index contributed by atoms with van der Waals surface area (Å²) in [7, 11) is 0. The zero-order chi connectivity index (χ0) is 26.6. The van der Waals surface area contributed by atoms with Crippen LogP contribution in [0, 0.1) is 0 Å². The Labute approximate surface area is 233 Å². The van der Waals surface area contributed by atoms with E-state index in [-0.39, 0.29) is 72.2 Å². The summed E-state index contributed by atoms with van der Waals surface area (Å²) >= 11 is 0. The van der Waals surface area contributed by atoms with Crippen LogP contribution in [0.2, 0.25) is 0 Å². The van der Waals surface area contributed by atoms with E-state index in [4.69, 9.17) is 19.7 Å². The molecule has 18 heteroatoms. The smallest absolute Gasteiger partial charge is 0.870 e. The molecule has 0 bridgehead atoms. The molecule has 0 amide bonds. The number of ether oxygens (including phenoxy) is 2. The summed E-state index contributed by atoms with van der Waals surface area (Å²) in [5, 5.41) is 37.0. The van der Waals surface area contributed by atoms with Gasteiger partial charge in [-0.15, -0.1) is 0 Å². The Hall–Kier alpha value is -2.58. The van der Waals surface area contributed by atoms with Gasteiger partial charge in [0.1, 0.15) is 24.7 Å². The van der Waals surface area contributed by atoms with Crippen LogP contribution in [-0.2, 0) is 9.47 Å². The predicted molar refractivity (Wildman–Crippen MR) is 119 cm³/mol. The van der Waals surface area contributed by atoms with Crippen molar-refractivity contribution < 1.29 is 74.5 Å². The first-order chi connectivity index (χ1) is 17.1. The van der Waals surface area contributed by atoms with Crippen LogP contribution in [0.1, 0.15) is 46.0 Å². The average molecular weight is 552 g/mol. The Morgan fingerprint density at radius 3 is 1.39 bits per heavy atom. The van der Waals surface area contributed by atoms with Crippen LogP contribution < -0.4 is 52.1 Å². The Balaban J connectivity index is 0.000000361. The molecule has 2 aliphatic heterocycles. The van der Waals surface area contributed by atoms with E-state index in [1.54, 1.807) is 0 Å². The second-order valence-electron chi connectivity index (χ2n) is 7.97. The van der Waals surface area contributed by atoms with E-state index in [9.17, 15) is 39.0 Å². The predicted octanol–water partition coefficient (Wildman–Crippen LogP) is -7.19. The third-order valence-electron chi connectivity index (χ3n) is 5.63. The molecular weight excluding hydrogens is 527 g/mol. The van der Waals surface area contributed by atoms with Crippen LogP contribution in [0.3, 0.4) is 0 Å². The summed E-state index contributed by atoms with van der Waals surface area (Å²) in [5.74, 6) is 0. The third kappa shape index (κ3) is 7.29. The van der Waals surface area contributed by atoms with Gasteiger partial charge in [0.05, 0.1) is 36.5 Å². The van der Waals surface area contributed by atoms with Crippen LogP contribution in [0.4, 0.5) is 0 Å². The molecule has 2 aromatic heterocycles. The van der Waals surface area contributed by atoms with Crippen molar-refractivity contribution in [3.63, 3.8) is 0 Å². The van der Waals surface area contributed by atoms with Gasteiger partial charge in [0.2, 0.25) is 0 Å². The number of rotatable bonds is 6. The number of hydrogen-bond donors (Lipinski definition) is 6. The third-order valence-corrected chi connectivity index (χ3v) is 5.63. The van der Waals surface area contributed by atoms with Gasteiger partial charge >= 0.3 is 40.9 Å². The minimum atomic E-state index is -0.904. The van der Waals surface area contributed by atoms with E-state index >= 15 is 0 Å². The summed E-state index contributed by atoms with van der Waals surface area (Å²) in [6.07, 6.45) is -2.03. The molecule has 38 heavy (non-hydrogen) atoms. The number of nitrogens with one attached hydrogen (secondary N) is 2. The molecule has 0 radical (unpaired) electrons. The summed E-state index contributed by atoms with van der Waals surface area (Å²) in [5.41, 5.74) is -3.44. The minimum Gasteiger partial charge on any atom is -0.870 e. The first-order valence-electron chi connectivity index (χ1n) is 10.6. The molecular formula is C20H25N4NaO13. The van der Waals surface area contributed by atoms with E-state index < -0.39 is 59.4 Å². The van der Waals surface area contributed by atoms with Gasteiger partial charge in [0.25, 0.3) is 11.1 Å². The van der Waals surface area contributed by atoms with Crippen molar-refractivity contribution in [3.05, 3.63) is 65.2 Å². The van der Waals surface area contributed by atoms with Gasteiger partial charge in [-0.3, -0.25) is 38.3 Å². The number of carbonyl (C=O) groups excluding carboxylic acids is 2. The summed E-state index contributed by atoms with van der Waals surface area (Å²) in [4.78, 5) is 70.7. The van der Waals surface area contributed by atoms with Crippen molar-refractivity contribution in [2.24, 2.45) is 0 Å². The molecule has 2 fully saturated rings. The summed E-state index contributed by atoms with van der Waals surface area (Å²) < 4.78 is 12.5. The number of carbonyl (C=O) groups is 2. The van der Waals surface area contributed by atoms with Crippen LogP contribution in [0.15, 0.2) is 31.6 Å². The van der Waals surface area contributed by atoms with Crippen molar-refractivity contribution in [3.8, 4) is 0 Å². The molecule has 2 aliphatic rings. The number of hydrogen-bond acceptors (Lipinski definition) is 13. The number of H-pyrrole nitrogens is 2. The number of aldehydes is 2. The van der Waals surface area contributed by atoms with Crippen molar-refractivity contribution in [2.75, 3.05) is 13.2 Å². The van der Waals surface area contributed by atoms with E-state index in [2.05, 4.69) is 0 Å². The molecule has 17 nitrogen and oxygen atoms in total. The maximum Gasteiger partial charge on any atom is 1.00 e. The van der Waals surface area contributed by atoms with Crippen molar-refractivity contribution in [1.82, 2.24) is 19.1 Å². The summed E-state index contributed by atoms with van der Waals surface area (Å²) in [6, 6.07) is 0. The number of aromatic amines is 2. The Morgan fingerprint density at radius 1 is 0.789 bits per heavy atom. The van der Waals surface area contributed by atoms with E-state index in [1.165, 1.54) is 0 Å². The van der Waals surface area contributed by atoms with Gasteiger partial charge in [-0.1, -0.05) is 0 Å². The van der Waals surface area contributed by atoms with E-state index in [1.807, 2.05) is 9.97 Å². The van der Waals surface area contributed by atoms with Crippen LogP contribution in [-0.4, -0.2) is 95.2 Å². The Bertz CT molecular complexity index is 1230. The molecule has 0 aliphatic carbocycles. The van der Waals surface area contributed by atoms with Crippen molar-refractivity contribution >= 4 is 12.6 Å². The Kier molecular flexibility index (Phi) is 12.8. The molecule has 0 saturated carbocycles. The Morgan fingerprint density at radius 2 is 1.13 bits per heavy atom. The SMILES string of the molecule is O=Cc1cn(C2C[C@H](O)[C@@H](CO)O2)c(=O)[nH]c1=O.O=Cc1cn(C2C[C@H](O)[C@@H](CO)O2)c(=O)[nH]c1=O.[Na+].[OH-]. The fraction of sp³-hybridized carbons (Fsp3) is 0.500. The monoisotopic (exact) mass is 552 g/mol. The second kappa shape index (κ2) is 14.5. The first-order valence-corrected chi connectivity index (χ1v) is 10.6. The van der Waals surface area contributed by atoms with Gasteiger partial charge < -0.3 is 35.4 Å². The second-order valence-corrected chi connectivity index (χ2v) is 7.97. The molecule has 4 rings (SSSR count). The summed E-state index contributed by atoms with van der Waals surface area (Å²) in [6.45, 7) is -0.757. The molecule has 4 heterocycles. The zero-order valence-electron chi connectivity index (χ0n) is 20.0. The molecule has 204 valence electrons. The van der Waals surface area contributed by atoms with Gasteiger partial charge in [-0.05, 0) is 0 Å². The topological polar surface area (TPSA) is 273 Å². The van der Waals surface area contributed by atoms with Gasteiger partial charge in [-0.2, -0.15) is 0 Å². The fourth-order valence-electron chi connectivity index (χ4n) is 3.70. The van der Waals surface area contributed by atoms with Gasteiger partial charge in [0, 0.05) is 25.2 Å². The standard InChI is InChI=1S/2C10H12N2O6.Na.H2O/c2*13-3-5-2-12(10(17)11-9(5)16)8-1-6(15)7(4-14)18-8;;/h2*2-3,6-8,14-15H,1,4H2,(H,11,16,17);;1H2/q;;+1;/p-1/t2*6-,7+,8?;;/m00../s1. The molecule has 2 aromatic rings. The van der Waals surface area contributed by atoms with Crippen molar-refractivity contribution in [1.29, 1.82) is 0 Å². The van der Waals surface area contributed by atoms with E-state index in [0.717, 1.165) is 21.5 Å². The number of aliphatic hydroxyl groups excluding tert-OH is 4. The zero-order valence-corrected chi connectivity index (χ0v) is 22.0.